The molecule has 0 spiro atoms. The van der Waals surface area contributed by atoms with Gasteiger partial charge in [-0.3, -0.25) is 0 Å². The van der Waals surface area contributed by atoms with Gasteiger partial charge in [0.05, 0.1) is 6.54 Å². The summed E-state index contributed by atoms with van der Waals surface area (Å²) in [5.74, 6) is 1.32. The van der Waals surface area contributed by atoms with Gasteiger partial charge in [0.25, 0.3) is 0 Å². The zero-order valence-corrected chi connectivity index (χ0v) is 17.6. The molecule has 2 rings (SSSR count). The zero-order valence-electron chi connectivity index (χ0n) is 14.4. The number of para-hydroxylation sites is 1. The van der Waals surface area contributed by atoms with Crippen LogP contribution in [0.1, 0.15) is 31.2 Å². The Hall–Kier alpha value is -1.28. The lowest BCUT2D eigenvalue weighted by atomic mass is 10.1. The van der Waals surface area contributed by atoms with E-state index >= 15 is 0 Å². The molecule has 1 heterocycles. The number of hydrogen-bond acceptors (Lipinski definition) is 3. The molecule has 0 aliphatic carbocycles. The van der Waals surface area contributed by atoms with Crippen LogP contribution in [-0.2, 0) is 13.0 Å². The van der Waals surface area contributed by atoms with Crippen LogP contribution in [0.4, 0.5) is 0 Å². The van der Waals surface area contributed by atoms with Crippen LogP contribution in [0.25, 0.3) is 0 Å². The molecule has 1 aromatic heterocycles. The highest BCUT2D eigenvalue weighted by atomic mass is 127. The minimum Gasteiger partial charge on any atom is -0.488 e. The SMILES string of the molecule is CC(C)(C)Oc1ccccc1CN=C(N)NCCc1cccs1.I. The molecule has 0 unspecified atom stereocenters. The van der Waals surface area contributed by atoms with Crippen molar-refractivity contribution >= 4 is 41.3 Å². The van der Waals surface area contributed by atoms with Gasteiger partial charge in [-0.05, 0) is 44.7 Å². The highest BCUT2D eigenvalue weighted by Crippen LogP contribution is 2.23. The molecule has 2 aromatic rings. The van der Waals surface area contributed by atoms with Crippen LogP contribution in [-0.4, -0.2) is 18.1 Å². The number of nitrogens with two attached hydrogens (primary N) is 1. The van der Waals surface area contributed by atoms with Crippen molar-refractivity contribution in [1.29, 1.82) is 0 Å². The van der Waals surface area contributed by atoms with Crippen molar-refractivity contribution in [3.8, 4) is 5.75 Å². The molecular weight excluding hydrogens is 433 g/mol. The summed E-state index contributed by atoms with van der Waals surface area (Å²) in [6, 6.07) is 12.1. The summed E-state index contributed by atoms with van der Waals surface area (Å²) in [5, 5.41) is 5.23. The number of ether oxygens (including phenoxy) is 1. The maximum absolute atomic E-state index is 5.97. The van der Waals surface area contributed by atoms with E-state index in [1.165, 1.54) is 4.88 Å². The fraction of sp³-hybridized carbons (Fsp3) is 0.389. The zero-order chi connectivity index (χ0) is 16.7. The van der Waals surface area contributed by atoms with Crippen molar-refractivity contribution in [3.63, 3.8) is 0 Å². The summed E-state index contributed by atoms with van der Waals surface area (Å²) in [6.07, 6.45) is 0.956. The lowest BCUT2D eigenvalue weighted by Gasteiger charge is -2.23. The Balaban J connectivity index is 0.00000288. The molecule has 0 atom stereocenters. The third-order valence-corrected chi connectivity index (χ3v) is 4.00. The number of nitrogens with zero attached hydrogens (tertiary/aromatic N) is 1. The van der Waals surface area contributed by atoms with Gasteiger partial charge >= 0.3 is 0 Å². The van der Waals surface area contributed by atoms with Crippen LogP contribution >= 0.6 is 35.3 Å². The van der Waals surface area contributed by atoms with Gasteiger partial charge in [-0.2, -0.15) is 0 Å². The van der Waals surface area contributed by atoms with E-state index in [-0.39, 0.29) is 29.6 Å². The fourth-order valence-electron chi connectivity index (χ4n) is 2.06. The first-order chi connectivity index (χ1) is 10.9. The van der Waals surface area contributed by atoms with E-state index in [0.717, 1.165) is 24.3 Å². The van der Waals surface area contributed by atoms with Crippen LogP contribution in [0, 0.1) is 0 Å². The normalized spacial score (nSPS) is 11.7. The minimum atomic E-state index is -0.232. The summed E-state index contributed by atoms with van der Waals surface area (Å²) in [7, 11) is 0. The summed E-state index contributed by atoms with van der Waals surface area (Å²) < 4.78 is 5.97. The third-order valence-electron chi connectivity index (χ3n) is 3.07. The van der Waals surface area contributed by atoms with Crippen molar-refractivity contribution in [2.45, 2.75) is 39.3 Å². The Kier molecular flexibility index (Phi) is 8.55. The standard InChI is InChI=1S/C18H25N3OS.HI/c1-18(2,3)22-16-9-5-4-7-14(16)13-21-17(19)20-11-10-15-8-6-12-23-15;/h4-9,12H,10-11,13H2,1-3H3,(H3,19,20,21);1H. The molecule has 6 heteroatoms. The van der Waals surface area contributed by atoms with Crippen LogP contribution < -0.4 is 15.8 Å². The third kappa shape index (κ3) is 7.53. The van der Waals surface area contributed by atoms with Gasteiger partial charge in [0.2, 0.25) is 0 Å². The molecule has 0 fully saturated rings. The number of thiophene rings is 1. The maximum atomic E-state index is 5.97. The molecule has 4 nitrogen and oxygen atoms in total. The summed E-state index contributed by atoms with van der Waals surface area (Å²) in [5.41, 5.74) is 6.74. The molecule has 132 valence electrons. The number of nitrogens with one attached hydrogen (secondary N) is 1. The number of halogens is 1. The lowest BCUT2D eigenvalue weighted by Crippen LogP contribution is -2.33. The second kappa shape index (κ2) is 9.88. The number of guanidine groups is 1. The molecule has 1 aromatic carbocycles. The Bertz CT molecular complexity index is 636. The van der Waals surface area contributed by atoms with Crippen molar-refractivity contribution in [2.75, 3.05) is 6.54 Å². The quantitative estimate of drug-likeness (QED) is 0.387. The predicted octanol–water partition coefficient (Wildman–Crippen LogP) is 4.19. The molecule has 0 saturated heterocycles. The predicted molar refractivity (Wildman–Crippen MR) is 114 cm³/mol. The highest BCUT2D eigenvalue weighted by molar-refractivity contribution is 14.0. The second-order valence-corrected chi connectivity index (χ2v) is 7.31. The van der Waals surface area contributed by atoms with Crippen molar-refractivity contribution < 1.29 is 4.74 Å². The van der Waals surface area contributed by atoms with Gasteiger partial charge in [-0.1, -0.05) is 24.3 Å². The smallest absolute Gasteiger partial charge is 0.188 e. The molecule has 0 amide bonds. The first kappa shape index (κ1) is 20.8. The van der Waals surface area contributed by atoms with Crippen molar-refractivity contribution in [2.24, 2.45) is 10.7 Å². The first-order valence-electron chi connectivity index (χ1n) is 7.77. The second-order valence-electron chi connectivity index (χ2n) is 6.28. The first-order valence-corrected chi connectivity index (χ1v) is 8.65. The van der Waals surface area contributed by atoms with E-state index in [1.54, 1.807) is 11.3 Å². The van der Waals surface area contributed by atoms with Crippen LogP contribution in [0.15, 0.2) is 46.8 Å². The topological polar surface area (TPSA) is 59.6 Å². The van der Waals surface area contributed by atoms with Gasteiger partial charge in [-0.15, -0.1) is 35.3 Å². The van der Waals surface area contributed by atoms with E-state index in [9.17, 15) is 0 Å². The number of rotatable bonds is 6. The summed E-state index contributed by atoms with van der Waals surface area (Å²) >= 11 is 1.75. The highest BCUT2D eigenvalue weighted by Gasteiger charge is 2.14. The lowest BCUT2D eigenvalue weighted by molar-refractivity contribution is 0.129. The van der Waals surface area contributed by atoms with E-state index in [1.807, 2.05) is 45.0 Å². The molecule has 0 bridgehead atoms. The van der Waals surface area contributed by atoms with Gasteiger partial charge in [-0.25, -0.2) is 4.99 Å². The largest absolute Gasteiger partial charge is 0.488 e. The number of benzene rings is 1. The summed E-state index contributed by atoms with van der Waals surface area (Å²) in [4.78, 5) is 5.75. The average Bonchev–Trinajstić information content (AvgIpc) is 2.98. The van der Waals surface area contributed by atoms with Crippen molar-refractivity contribution in [3.05, 3.63) is 52.2 Å². The molecule has 0 radical (unpaired) electrons. The molecule has 0 saturated carbocycles. The molecule has 0 aliphatic rings. The van der Waals surface area contributed by atoms with Crippen LogP contribution in [0.5, 0.6) is 5.75 Å². The Morgan fingerprint density at radius 3 is 2.62 bits per heavy atom. The monoisotopic (exact) mass is 459 g/mol. The van der Waals surface area contributed by atoms with Gasteiger partial charge < -0.3 is 15.8 Å². The molecule has 24 heavy (non-hydrogen) atoms. The van der Waals surface area contributed by atoms with Gasteiger partial charge in [0.15, 0.2) is 5.96 Å². The minimum absolute atomic E-state index is 0. The molecule has 3 N–H and O–H groups in total. The van der Waals surface area contributed by atoms with Gasteiger partial charge in [0.1, 0.15) is 11.4 Å². The van der Waals surface area contributed by atoms with E-state index in [2.05, 4.69) is 27.8 Å². The van der Waals surface area contributed by atoms with Gasteiger partial charge in [0, 0.05) is 17.0 Å². The number of hydrogen-bond donors (Lipinski definition) is 2. The Morgan fingerprint density at radius 2 is 1.96 bits per heavy atom. The van der Waals surface area contributed by atoms with Crippen LogP contribution in [0.3, 0.4) is 0 Å². The Morgan fingerprint density at radius 1 is 1.21 bits per heavy atom. The molecule has 0 aliphatic heterocycles. The van der Waals surface area contributed by atoms with Crippen LogP contribution in [0.2, 0.25) is 0 Å². The van der Waals surface area contributed by atoms with E-state index in [0.29, 0.717) is 12.5 Å². The van der Waals surface area contributed by atoms with Crippen molar-refractivity contribution in [1.82, 2.24) is 5.32 Å². The summed E-state index contributed by atoms with van der Waals surface area (Å²) in [6.45, 7) is 7.40. The fourth-order valence-corrected chi connectivity index (χ4v) is 2.77. The van der Waals surface area contributed by atoms with E-state index in [4.69, 9.17) is 10.5 Å². The molecular formula is C18H26IN3OS. The number of aliphatic imine (C=N–C) groups is 1. The maximum Gasteiger partial charge on any atom is 0.188 e. The Labute approximate surface area is 165 Å². The average molecular weight is 459 g/mol. The van der Waals surface area contributed by atoms with E-state index < -0.39 is 0 Å².